The van der Waals surface area contributed by atoms with Crippen LogP contribution in [0.4, 0.5) is 17.1 Å². The van der Waals surface area contributed by atoms with E-state index in [1.165, 1.54) is 13.2 Å². The summed E-state index contributed by atoms with van der Waals surface area (Å²) < 4.78 is 4.92. The Hall–Kier alpha value is -2.75. The van der Waals surface area contributed by atoms with Crippen LogP contribution in [0.25, 0.3) is 0 Å². The summed E-state index contributed by atoms with van der Waals surface area (Å²) in [6.07, 6.45) is -0.957. The highest BCUT2D eigenvalue weighted by Gasteiger charge is 2.20. The number of non-ortho nitro benzene ring substituents is 1. The maximum atomic E-state index is 10.9. The third-order valence-corrected chi connectivity index (χ3v) is 2.64. The molecule has 114 valence electrons. The van der Waals surface area contributed by atoms with Crippen LogP contribution in [0, 0.1) is 20.2 Å². The number of rotatable bonds is 8. The third-order valence-electron chi connectivity index (χ3n) is 2.64. The summed E-state index contributed by atoms with van der Waals surface area (Å²) in [4.78, 5) is 30.6. The highest BCUT2D eigenvalue weighted by atomic mass is 16.6. The number of aliphatic carboxylic acids is 1. The van der Waals surface area contributed by atoms with Gasteiger partial charge in [0.2, 0.25) is 0 Å². The van der Waals surface area contributed by atoms with Gasteiger partial charge < -0.3 is 15.2 Å². The molecule has 1 unspecified atom stereocenters. The Morgan fingerprint density at radius 3 is 2.52 bits per heavy atom. The number of nitro benzene ring substituents is 2. The lowest BCUT2D eigenvalue weighted by Crippen LogP contribution is -2.25. The molecule has 10 nitrogen and oxygen atoms in total. The molecule has 0 aromatic heterocycles. The van der Waals surface area contributed by atoms with Crippen molar-refractivity contribution in [1.29, 1.82) is 0 Å². The molecule has 1 aromatic rings. The van der Waals surface area contributed by atoms with Gasteiger partial charge in [0.25, 0.3) is 11.4 Å². The predicted molar refractivity (Wildman–Crippen MR) is 71.3 cm³/mol. The Kier molecular flexibility index (Phi) is 5.55. The van der Waals surface area contributed by atoms with Gasteiger partial charge in [0.1, 0.15) is 5.69 Å². The number of carbonyl (C=O) groups is 1. The number of hydrogen-bond acceptors (Lipinski definition) is 7. The molecule has 0 amide bonds. The first-order valence-corrected chi connectivity index (χ1v) is 5.76. The van der Waals surface area contributed by atoms with Crippen LogP contribution in [0.3, 0.4) is 0 Å². The van der Waals surface area contributed by atoms with Gasteiger partial charge >= 0.3 is 5.97 Å². The van der Waals surface area contributed by atoms with Gasteiger partial charge in [0.15, 0.2) is 0 Å². The Morgan fingerprint density at radius 1 is 1.38 bits per heavy atom. The molecule has 10 heteroatoms. The number of benzene rings is 1. The average molecular weight is 299 g/mol. The van der Waals surface area contributed by atoms with E-state index in [0.717, 1.165) is 12.1 Å². The number of nitrogens with one attached hydrogen (secondary N) is 1. The third kappa shape index (κ3) is 4.69. The second-order valence-corrected chi connectivity index (χ2v) is 4.05. The summed E-state index contributed by atoms with van der Waals surface area (Å²) in [7, 11) is 1.32. The van der Waals surface area contributed by atoms with Gasteiger partial charge in [-0.1, -0.05) is 0 Å². The monoisotopic (exact) mass is 299 g/mol. The Balaban J connectivity index is 2.89. The molecule has 2 N–H and O–H groups in total. The van der Waals surface area contributed by atoms with E-state index < -0.39 is 33.3 Å². The van der Waals surface area contributed by atoms with Crippen LogP contribution in [0.5, 0.6) is 0 Å². The second kappa shape index (κ2) is 7.14. The van der Waals surface area contributed by atoms with Crippen LogP contribution in [-0.4, -0.2) is 40.7 Å². The normalized spacial score (nSPS) is 11.7. The summed E-state index contributed by atoms with van der Waals surface area (Å²) in [5.41, 5.74) is -0.812. The Labute approximate surface area is 118 Å². The highest BCUT2D eigenvalue weighted by molar-refractivity contribution is 5.68. The van der Waals surface area contributed by atoms with Crippen LogP contribution in [-0.2, 0) is 9.53 Å². The smallest absolute Gasteiger partial charge is 0.306 e. The van der Waals surface area contributed by atoms with Crippen molar-refractivity contribution in [2.75, 3.05) is 19.0 Å². The quantitative estimate of drug-likeness (QED) is 0.541. The fraction of sp³-hybridized carbons (Fsp3) is 0.364. The zero-order chi connectivity index (χ0) is 16.0. The second-order valence-electron chi connectivity index (χ2n) is 4.05. The molecule has 1 atom stereocenters. The van der Waals surface area contributed by atoms with Gasteiger partial charge in [-0.3, -0.25) is 25.0 Å². The molecule has 0 heterocycles. The molecule has 0 bridgehead atoms. The molecule has 0 saturated heterocycles. The van der Waals surface area contributed by atoms with Gasteiger partial charge in [-0.25, -0.2) is 0 Å². The van der Waals surface area contributed by atoms with Crippen LogP contribution in [0.2, 0.25) is 0 Å². The fourth-order valence-electron chi connectivity index (χ4n) is 1.59. The minimum atomic E-state index is -1.07. The van der Waals surface area contributed by atoms with E-state index in [9.17, 15) is 25.0 Å². The lowest BCUT2D eigenvalue weighted by atomic mass is 10.2. The van der Waals surface area contributed by atoms with E-state index in [0.29, 0.717) is 0 Å². The van der Waals surface area contributed by atoms with Crippen molar-refractivity contribution in [2.45, 2.75) is 12.5 Å². The summed E-state index contributed by atoms with van der Waals surface area (Å²) >= 11 is 0. The Morgan fingerprint density at radius 2 is 2.05 bits per heavy atom. The first-order valence-electron chi connectivity index (χ1n) is 5.76. The summed E-state index contributed by atoms with van der Waals surface area (Å²) in [5.74, 6) is -1.07. The van der Waals surface area contributed by atoms with Crippen LogP contribution in [0.1, 0.15) is 6.42 Å². The van der Waals surface area contributed by atoms with Crippen molar-refractivity contribution < 1.29 is 24.5 Å². The molecule has 0 aliphatic rings. The molecule has 0 saturated carbocycles. The van der Waals surface area contributed by atoms with E-state index in [2.05, 4.69) is 5.32 Å². The van der Waals surface area contributed by atoms with Crippen molar-refractivity contribution in [3.8, 4) is 0 Å². The van der Waals surface area contributed by atoms with Crippen LogP contribution < -0.4 is 5.32 Å². The molecular weight excluding hydrogens is 286 g/mol. The van der Waals surface area contributed by atoms with Gasteiger partial charge in [-0.05, 0) is 6.07 Å². The van der Waals surface area contributed by atoms with Gasteiger partial charge in [-0.15, -0.1) is 0 Å². The lowest BCUT2D eigenvalue weighted by molar-refractivity contribution is -0.393. The number of carboxylic acid groups (broad SMARTS) is 1. The topological polar surface area (TPSA) is 145 Å². The number of anilines is 1. The average Bonchev–Trinajstić information content (AvgIpc) is 2.42. The van der Waals surface area contributed by atoms with Crippen LogP contribution >= 0.6 is 0 Å². The number of hydrogen-bond donors (Lipinski definition) is 2. The molecule has 0 aliphatic heterocycles. The largest absolute Gasteiger partial charge is 0.481 e. The standard InChI is InChI=1S/C11H13N3O7/c1-21-8(5-11(15)16)6-12-9-3-2-7(13(17)18)4-10(9)14(19)20/h2-4,8,12H,5-6H2,1H3,(H,15,16). The number of carboxylic acids is 1. The van der Waals surface area contributed by atoms with Gasteiger partial charge in [-0.2, -0.15) is 0 Å². The molecule has 0 aliphatic carbocycles. The van der Waals surface area contributed by atoms with Gasteiger partial charge in [0, 0.05) is 19.7 Å². The van der Waals surface area contributed by atoms with Gasteiger partial charge in [0.05, 0.1) is 28.4 Å². The summed E-state index contributed by atoms with van der Waals surface area (Å²) in [6.45, 7) is 0.0153. The zero-order valence-corrected chi connectivity index (χ0v) is 11.0. The first kappa shape index (κ1) is 16.3. The van der Waals surface area contributed by atoms with Crippen molar-refractivity contribution in [1.82, 2.24) is 0 Å². The van der Waals surface area contributed by atoms with E-state index in [1.807, 2.05) is 0 Å². The van der Waals surface area contributed by atoms with E-state index in [-0.39, 0.29) is 18.7 Å². The predicted octanol–water partition coefficient (Wildman–Crippen LogP) is 1.40. The van der Waals surface area contributed by atoms with E-state index in [4.69, 9.17) is 9.84 Å². The summed E-state index contributed by atoms with van der Waals surface area (Å²) in [6, 6.07) is 3.15. The number of nitro groups is 2. The van der Waals surface area contributed by atoms with Crippen LogP contribution in [0.15, 0.2) is 18.2 Å². The number of methoxy groups -OCH3 is 1. The van der Waals surface area contributed by atoms with Crippen molar-refractivity contribution in [3.63, 3.8) is 0 Å². The molecule has 21 heavy (non-hydrogen) atoms. The molecule has 1 aromatic carbocycles. The maximum absolute atomic E-state index is 10.9. The van der Waals surface area contributed by atoms with Crippen molar-refractivity contribution in [2.24, 2.45) is 0 Å². The highest BCUT2D eigenvalue weighted by Crippen LogP contribution is 2.28. The number of nitrogens with zero attached hydrogens (tertiary/aromatic N) is 2. The molecule has 0 spiro atoms. The van der Waals surface area contributed by atoms with Crippen molar-refractivity contribution in [3.05, 3.63) is 38.4 Å². The zero-order valence-electron chi connectivity index (χ0n) is 11.0. The minimum Gasteiger partial charge on any atom is -0.481 e. The number of ether oxygens (including phenoxy) is 1. The molecule has 1 rings (SSSR count). The summed E-state index contributed by atoms with van der Waals surface area (Å²) in [5, 5.41) is 32.8. The Bertz CT molecular complexity index is 561. The van der Waals surface area contributed by atoms with E-state index in [1.54, 1.807) is 0 Å². The SMILES string of the molecule is COC(CNc1ccc([N+](=O)[O-])cc1[N+](=O)[O-])CC(=O)O. The molecule has 0 radical (unpaired) electrons. The minimum absolute atomic E-state index is 0.0153. The first-order chi connectivity index (χ1) is 9.85. The fourth-order valence-corrected chi connectivity index (χ4v) is 1.59. The van der Waals surface area contributed by atoms with Crippen molar-refractivity contribution >= 4 is 23.0 Å². The maximum Gasteiger partial charge on any atom is 0.306 e. The molecule has 0 fully saturated rings. The van der Waals surface area contributed by atoms with E-state index >= 15 is 0 Å². The molecular formula is C11H13N3O7. The lowest BCUT2D eigenvalue weighted by Gasteiger charge is -2.14.